The fourth-order valence-electron chi connectivity index (χ4n) is 2.71. The summed E-state index contributed by atoms with van der Waals surface area (Å²) in [5.41, 5.74) is 2.41. The topological polar surface area (TPSA) is 21.3 Å². The zero-order valence-corrected chi connectivity index (χ0v) is 8.75. The SMILES string of the molecule is [B]c1ccc2c(c1)OCC21CCNCC1. The van der Waals surface area contributed by atoms with Crippen molar-refractivity contribution in [3.63, 3.8) is 0 Å². The van der Waals surface area contributed by atoms with Crippen LogP contribution >= 0.6 is 0 Å². The highest BCUT2D eigenvalue weighted by molar-refractivity contribution is 6.32. The Bertz CT molecular complexity index is 385. The Morgan fingerprint density at radius 2 is 2.07 bits per heavy atom. The van der Waals surface area contributed by atoms with Crippen LogP contribution in [0, 0.1) is 0 Å². The van der Waals surface area contributed by atoms with E-state index >= 15 is 0 Å². The predicted molar refractivity (Wildman–Crippen MR) is 61.1 cm³/mol. The Balaban J connectivity index is 2.03. The van der Waals surface area contributed by atoms with Gasteiger partial charge in [0, 0.05) is 11.0 Å². The van der Waals surface area contributed by atoms with Crippen LogP contribution < -0.4 is 15.5 Å². The van der Waals surface area contributed by atoms with Crippen LogP contribution in [0.3, 0.4) is 0 Å². The summed E-state index contributed by atoms with van der Waals surface area (Å²) in [6.07, 6.45) is 2.34. The van der Waals surface area contributed by atoms with Crippen LogP contribution in [0.2, 0.25) is 0 Å². The summed E-state index contributed by atoms with van der Waals surface area (Å²) in [5.74, 6) is 0.997. The maximum Gasteiger partial charge on any atom is 0.122 e. The number of hydrogen-bond acceptors (Lipinski definition) is 2. The highest BCUT2D eigenvalue weighted by atomic mass is 16.5. The van der Waals surface area contributed by atoms with Crippen LogP contribution in [-0.4, -0.2) is 27.5 Å². The van der Waals surface area contributed by atoms with E-state index in [1.807, 2.05) is 12.1 Å². The second-order valence-corrected chi connectivity index (χ2v) is 4.57. The van der Waals surface area contributed by atoms with E-state index in [-0.39, 0.29) is 5.41 Å². The third-order valence-electron chi connectivity index (χ3n) is 3.64. The molecule has 76 valence electrons. The van der Waals surface area contributed by atoms with E-state index in [1.54, 1.807) is 0 Å². The second-order valence-electron chi connectivity index (χ2n) is 4.57. The fourth-order valence-corrected chi connectivity index (χ4v) is 2.71. The van der Waals surface area contributed by atoms with Crippen molar-refractivity contribution >= 4 is 13.3 Å². The molecule has 0 aliphatic carbocycles. The molecular formula is C12H14BNO. The Labute approximate surface area is 91.4 Å². The molecule has 2 radical (unpaired) electrons. The molecule has 0 unspecified atom stereocenters. The molecule has 0 bridgehead atoms. The van der Waals surface area contributed by atoms with Gasteiger partial charge in [-0.3, -0.25) is 0 Å². The van der Waals surface area contributed by atoms with Crippen LogP contribution in [0.15, 0.2) is 18.2 Å². The molecule has 3 rings (SSSR count). The van der Waals surface area contributed by atoms with E-state index < -0.39 is 0 Å². The van der Waals surface area contributed by atoms with E-state index in [1.165, 1.54) is 18.4 Å². The molecule has 1 saturated heterocycles. The Morgan fingerprint density at radius 1 is 1.27 bits per heavy atom. The molecule has 15 heavy (non-hydrogen) atoms. The van der Waals surface area contributed by atoms with Crippen molar-refractivity contribution in [1.29, 1.82) is 0 Å². The van der Waals surface area contributed by atoms with Crippen LogP contribution in [-0.2, 0) is 5.41 Å². The highest BCUT2D eigenvalue weighted by Gasteiger charge is 2.41. The van der Waals surface area contributed by atoms with Crippen LogP contribution in [0.1, 0.15) is 18.4 Å². The first kappa shape index (κ1) is 9.28. The number of fused-ring (bicyclic) bond motifs is 2. The molecular weight excluding hydrogens is 185 g/mol. The smallest absolute Gasteiger partial charge is 0.122 e. The van der Waals surface area contributed by atoms with Crippen molar-refractivity contribution in [3.8, 4) is 5.75 Å². The summed E-state index contributed by atoms with van der Waals surface area (Å²) in [7, 11) is 5.76. The molecule has 1 aromatic rings. The fraction of sp³-hybridized carbons (Fsp3) is 0.500. The minimum absolute atomic E-state index is 0.258. The lowest BCUT2D eigenvalue weighted by Crippen LogP contribution is -2.40. The van der Waals surface area contributed by atoms with Crippen LogP contribution in [0.25, 0.3) is 0 Å². The lowest BCUT2D eigenvalue weighted by atomic mass is 9.74. The zero-order valence-electron chi connectivity index (χ0n) is 8.75. The quantitative estimate of drug-likeness (QED) is 0.614. The molecule has 0 amide bonds. The van der Waals surface area contributed by atoms with Gasteiger partial charge in [0.2, 0.25) is 0 Å². The minimum Gasteiger partial charge on any atom is -0.492 e. The van der Waals surface area contributed by atoms with Crippen molar-refractivity contribution in [1.82, 2.24) is 5.32 Å². The van der Waals surface area contributed by atoms with Gasteiger partial charge in [-0.15, -0.1) is 0 Å². The summed E-state index contributed by atoms with van der Waals surface area (Å²) in [6.45, 7) is 3.01. The molecule has 1 spiro atoms. The molecule has 1 N–H and O–H groups in total. The number of rotatable bonds is 0. The van der Waals surface area contributed by atoms with Gasteiger partial charge in [-0.1, -0.05) is 17.6 Å². The first-order valence-electron chi connectivity index (χ1n) is 5.54. The molecule has 1 fully saturated rings. The first-order valence-corrected chi connectivity index (χ1v) is 5.54. The lowest BCUT2D eigenvalue weighted by molar-refractivity contribution is 0.220. The Morgan fingerprint density at radius 3 is 2.87 bits per heavy atom. The maximum atomic E-state index is 5.76. The Hall–Kier alpha value is -0.955. The molecule has 2 heterocycles. The molecule has 0 aromatic heterocycles. The highest BCUT2D eigenvalue weighted by Crippen LogP contribution is 2.43. The van der Waals surface area contributed by atoms with E-state index in [0.29, 0.717) is 0 Å². The summed E-state index contributed by atoms with van der Waals surface area (Å²) in [4.78, 5) is 0. The van der Waals surface area contributed by atoms with Gasteiger partial charge in [0.05, 0.1) is 6.61 Å². The number of benzene rings is 1. The minimum atomic E-state index is 0.258. The summed E-state index contributed by atoms with van der Waals surface area (Å²) in [5, 5.41) is 3.40. The third kappa shape index (κ3) is 1.37. The van der Waals surface area contributed by atoms with E-state index in [9.17, 15) is 0 Å². The first-order chi connectivity index (χ1) is 7.30. The van der Waals surface area contributed by atoms with E-state index in [4.69, 9.17) is 12.6 Å². The summed E-state index contributed by atoms with van der Waals surface area (Å²) < 4.78 is 5.76. The van der Waals surface area contributed by atoms with Gasteiger partial charge in [0.25, 0.3) is 0 Å². The molecule has 0 atom stereocenters. The van der Waals surface area contributed by atoms with Crippen molar-refractivity contribution in [3.05, 3.63) is 23.8 Å². The number of ether oxygens (including phenoxy) is 1. The maximum absolute atomic E-state index is 5.76. The van der Waals surface area contributed by atoms with E-state index in [0.717, 1.165) is 30.9 Å². The van der Waals surface area contributed by atoms with Gasteiger partial charge in [-0.2, -0.15) is 0 Å². The molecule has 2 aliphatic heterocycles. The lowest BCUT2D eigenvalue weighted by Gasteiger charge is -2.32. The van der Waals surface area contributed by atoms with Gasteiger partial charge < -0.3 is 10.1 Å². The molecule has 2 nitrogen and oxygen atoms in total. The van der Waals surface area contributed by atoms with Gasteiger partial charge in [-0.25, -0.2) is 0 Å². The van der Waals surface area contributed by atoms with Crippen molar-refractivity contribution in [2.24, 2.45) is 0 Å². The van der Waals surface area contributed by atoms with Gasteiger partial charge in [-0.05, 0) is 32.0 Å². The Kier molecular flexibility index (Phi) is 2.03. The standard InChI is InChI=1S/C12H14BNO/c13-9-1-2-10-11(7-9)15-8-12(10)3-5-14-6-4-12/h1-2,7,14H,3-6,8H2. The summed E-state index contributed by atoms with van der Waals surface area (Å²) in [6, 6.07) is 6.08. The van der Waals surface area contributed by atoms with Gasteiger partial charge >= 0.3 is 0 Å². The second kappa shape index (κ2) is 3.27. The average Bonchev–Trinajstić information content (AvgIpc) is 2.58. The number of piperidine rings is 1. The normalized spacial score (nSPS) is 22.4. The van der Waals surface area contributed by atoms with Gasteiger partial charge in [0.15, 0.2) is 0 Å². The third-order valence-corrected chi connectivity index (χ3v) is 3.64. The average molecular weight is 199 g/mol. The molecule has 3 heteroatoms. The molecule has 1 aromatic carbocycles. The number of hydrogen-bond donors (Lipinski definition) is 1. The van der Waals surface area contributed by atoms with Crippen molar-refractivity contribution in [2.45, 2.75) is 18.3 Å². The zero-order chi connectivity index (χ0) is 10.3. The molecule has 0 saturated carbocycles. The van der Waals surface area contributed by atoms with Gasteiger partial charge in [0.1, 0.15) is 13.6 Å². The summed E-state index contributed by atoms with van der Waals surface area (Å²) >= 11 is 0. The van der Waals surface area contributed by atoms with Crippen LogP contribution in [0.4, 0.5) is 0 Å². The number of nitrogens with one attached hydrogen (secondary N) is 1. The molecule has 2 aliphatic rings. The van der Waals surface area contributed by atoms with Crippen molar-refractivity contribution < 1.29 is 4.74 Å². The van der Waals surface area contributed by atoms with Crippen molar-refractivity contribution in [2.75, 3.05) is 19.7 Å². The monoisotopic (exact) mass is 199 g/mol. The van der Waals surface area contributed by atoms with Crippen LogP contribution in [0.5, 0.6) is 5.75 Å². The predicted octanol–water partition coefficient (Wildman–Crippen LogP) is 0.494. The largest absolute Gasteiger partial charge is 0.492 e. The van der Waals surface area contributed by atoms with E-state index in [2.05, 4.69) is 11.4 Å².